The fourth-order valence-corrected chi connectivity index (χ4v) is 14.9. The summed E-state index contributed by atoms with van der Waals surface area (Å²) >= 11 is 0. The lowest BCUT2D eigenvalue weighted by Gasteiger charge is -2.24. The topological polar surface area (TPSA) is 51.2 Å². The molecular weight excluding hydrogens is 681 g/mol. The first-order chi connectivity index (χ1) is 24.9. The molecule has 0 spiro atoms. The van der Waals surface area contributed by atoms with Gasteiger partial charge in [-0.25, -0.2) is 0 Å². The van der Waals surface area contributed by atoms with E-state index in [2.05, 4.69) is 18.2 Å². The molecule has 0 bridgehead atoms. The van der Waals surface area contributed by atoms with E-state index in [0.29, 0.717) is 0 Å². The molecule has 0 unspecified atom stereocenters. The van der Waals surface area contributed by atoms with Gasteiger partial charge in [0.2, 0.25) is 0 Å². The third-order valence-electron chi connectivity index (χ3n) is 9.37. The average Bonchev–Trinajstić information content (AvgIpc) is 3.19. The van der Waals surface area contributed by atoms with E-state index in [9.17, 15) is 0 Å². The highest BCUT2D eigenvalue weighted by Gasteiger charge is 2.32. The summed E-state index contributed by atoms with van der Waals surface area (Å²) in [6.07, 6.45) is 0.803. The van der Waals surface area contributed by atoms with E-state index in [1.807, 2.05) is 182 Å². The minimum Gasteiger partial charge on any atom is -0.313 e. The maximum Gasteiger partial charge on any atom is 0.147 e. The molecule has 0 aromatic heterocycles. The van der Waals surface area contributed by atoms with Gasteiger partial charge in [-0.15, -0.1) is 0 Å². The third-order valence-corrected chi connectivity index (χ3v) is 18.6. The zero-order chi connectivity index (χ0) is 35.2. The molecule has 0 aliphatic rings. The zero-order valence-corrected chi connectivity index (χ0v) is 30.9. The predicted molar refractivity (Wildman–Crippen MR) is 217 cm³/mol. The van der Waals surface area contributed by atoms with Gasteiger partial charge in [0.25, 0.3) is 0 Å². The van der Waals surface area contributed by atoms with Gasteiger partial charge >= 0.3 is 0 Å². The third kappa shape index (κ3) is 7.49. The van der Waals surface area contributed by atoms with Crippen LogP contribution in [0.4, 0.5) is 0 Å². The van der Waals surface area contributed by atoms with E-state index >= 15 is 13.7 Å². The SMILES string of the molecule is O=P(Cc1cc(CP(=O)(c2ccccc2)c2ccccc2)cc(CP(=O)(c2ccccc2)c2ccccc2)c1)(c1ccccc1)c1ccccc1. The number of rotatable bonds is 12. The number of benzene rings is 7. The normalized spacial score (nSPS) is 12.0. The first kappa shape index (κ1) is 34.7. The summed E-state index contributed by atoms with van der Waals surface area (Å²) in [6, 6.07) is 64.3. The van der Waals surface area contributed by atoms with Crippen molar-refractivity contribution in [2.45, 2.75) is 18.5 Å². The van der Waals surface area contributed by atoms with E-state index in [-0.39, 0.29) is 18.5 Å². The fourth-order valence-electron chi connectivity index (χ4n) is 6.89. The second-order valence-electron chi connectivity index (χ2n) is 12.9. The van der Waals surface area contributed by atoms with E-state index < -0.39 is 21.4 Å². The van der Waals surface area contributed by atoms with Gasteiger partial charge in [-0.2, -0.15) is 0 Å². The summed E-state index contributed by atoms with van der Waals surface area (Å²) in [5.74, 6) is 0. The molecule has 0 saturated carbocycles. The molecule has 0 saturated heterocycles. The van der Waals surface area contributed by atoms with Crippen LogP contribution in [-0.2, 0) is 32.2 Å². The van der Waals surface area contributed by atoms with Gasteiger partial charge in [0.1, 0.15) is 21.4 Å². The van der Waals surface area contributed by atoms with Crippen LogP contribution in [0.2, 0.25) is 0 Å². The largest absolute Gasteiger partial charge is 0.313 e. The Labute approximate surface area is 301 Å². The second kappa shape index (κ2) is 15.2. The molecule has 0 N–H and O–H groups in total. The smallest absolute Gasteiger partial charge is 0.147 e. The lowest BCUT2D eigenvalue weighted by Crippen LogP contribution is -2.19. The molecule has 0 fully saturated rings. The van der Waals surface area contributed by atoms with Gasteiger partial charge in [0.15, 0.2) is 0 Å². The lowest BCUT2D eigenvalue weighted by molar-refractivity contribution is 0.586. The molecule has 0 amide bonds. The zero-order valence-electron chi connectivity index (χ0n) is 28.2. The highest BCUT2D eigenvalue weighted by Crippen LogP contribution is 2.51. The van der Waals surface area contributed by atoms with Crippen molar-refractivity contribution < 1.29 is 13.7 Å². The van der Waals surface area contributed by atoms with Gasteiger partial charge in [0, 0.05) is 50.3 Å². The van der Waals surface area contributed by atoms with Crippen LogP contribution in [0.25, 0.3) is 0 Å². The monoisotopic (exact) mass is 720 g/mol. The molecule has 3 nitrogen and oxygen atoms in total. The minimum atomic E-state index is -3.16. The summed E-state index contributed by atoms with van der Waals surface area (Å²) < 4.78 is 46.1. The Bertz CT molecular complexity index is 1940. The van der Waals surface area contributed by atoms with Crippen molar-refractivity contribution in [1.29, 1.82) is 0 Å². The summed E-state index contributed by atoms with van der Waals surface area (Å²) in [5, 5.41) is 4.68. The van der Waals surface area contributed by atoms with Gasteiger partial charge in [-0.1, -0.05) is 200 Å². The van der Waals surface area contributed by atoms with Crippen LogP contribution < -0.4 is 31.8 Å². The molecule has 0 radical (unpaired) electrons. The van der Waals surface area contributed by atoms with Crippen molar-refractivity contribution in [2.75, 3.05) is 0 Å². The molecule has 252 valence electrons. The average molecular weight is 721 g/mol. The van der Waals surface area contributed by atoms with Gasteiger partial charge in [-0.3, -0.25) is 0 Å². The summed E-state index contributed by atoms with van der Waals surface area (Å²) in [4.78, 5) is 0. The Morgan fingerprint density at radius 2 is 0.412 bits per heavy atom. The maximum absolute atomic E-state index is 15.4. The van der Waals surface area contributed by atoms with Crippen molar-refractivity contribution in [3.05, 3.63) is 217 Å². The Morgan fingerprint density at radius 3 is 0.569 bits per heavy atom. The van der Waals surface area contributed by atoms with Crippen LogP contribution in [0.15, 0.2) is 200 Å². The van der Waals surface area contributed by atoms with Gasteiger partial charge in [-0.05, 0) is 16.7 Å². The Balaban J connectivity index is 1.40. The van der Waals surface area contributed by atoms with E-state index in [0.717, 1.165) is 48.5 Å². The van der Waals surface area contributed by atoms with Crippen LogP contribution in [0.3, 0.4) is 0 Å². The molecule has 6 heteroatoms. The number of hydrogen-bond donors (Lipinski definition) is 0. The Hall–Kier alpha value is -4.77. The highest BCUT2D eigenvalue weighted by atomic mass is 31.2. The van der Waals surface area contributed by atoms with Crippen molar-refractivity contribution in [1.82, 2.24) is 0 Å². The van der Waals surface area contributed by atoms with E-state index in [1.54, 1.807) is 0 Å². The predicted octanol–water partition coefficient (Wildman–Crippen LogP) is 9.23. The number of hydrogen-bond acceptors (Lipinski definition) is 3. The minimum absolute atomic E-state index is 0.268. The fraction of sp³-hybridized carbons (Fsp3) is 0.0667. The van der Waals surface area contributed by atoms with Crippen molar-refractivity contribution in [2.24, 2.45) is 0 Å². The molecular formula is C45H39O3P3. The Kier molecular flexibility index (Phi) is 10.4. The summed E-state index contributed by atoms with van der Waals surface area (Å²) in [7, 11) is -9.47. The first-order valence-electron chi connectivity index (χ1n) is 17.1. The quantitative estimate of drug-likeness (QED) is 0.118. The van der Waals surface area contributed by atoms with Crippen LogP contribution >= 0.6 is 21.4 Å². The van der Waals surface area contributed by atoms with Crippen molar-refractivity contribution >= 4 is 53.3 Å². The van der Waals surface area contributed by atoms with E-state index in [1.165, 1.54) is 0 Å². The van der Waals surface area contributed by atoms with E-state index in [4.69, 9.17) is 0 Å². The van der Waals surface area contributed by atoms with Crippen LogP contribution in [0, 0.1) is 0 Å². The molecule has 0 aliphatic carbocycles. The summed E-state index contributed by atoms with van der Waals surface area (Å²) in [6.45, 7) is 0. The molecule has 7 aromatic rings. The van der Waals surface area contributed by atoms with Crippen LogP contribution in [-0.4, -0.2) is 0 Å². The molecule has 0 atom stereocenters. The maximum atomic E-state index is 15.4. The van der Waals surface area contributed by atoms with Gasteiger partial charge < -0.3 is 13.7 Å². The first-order valence-corrected chi connectivity index (χ1v) is 22.8. The molecule has 0 aliphatic heterocycles. The van der Waals surface area contributed by atoms with Crippen molar-refractivity contribution in [3.8, 4) is 0 Å². The van der Waals surface area contributed by atoms with Crippen molar-refractivity contribution in [3.63, 3.8) is 0 Å². The molecule has 7 rings (SSSR count). The lowest BCUT2D eigenvalue weighted by atomic mass is 10.1. The van der Waals surface area contributed by atoms with Crippen LogP contribution in [0.1, 0.15) is 16.7 Å². The Morgan fingerprint density at radius 1 is 0.255 bits per heavy atom. The molecule has 0 heterocycles. The molecule has 7 aromatic carbocycles. The molecule has 51 heavy (non-hydrogen) atoms. The standard InChI is InChI=1S/C45H39O3P3/c46-49(40-19-7-1-8-20-40,41-21-9-2-10-22-41)34-37-31-38(35-50(47,42-23-11-3-12-24-42)43-25-13-4-14-26-43)33-39(32-37)36-51(48,44-27-15-5-16-28-44)45-29-17-6-18-30-45/h1-33H,34-36H2. The second-order valence-corrected chi connectivity index (χ2v) is 21.3. The highest BCUT2D eigenvalue weighted by molar-refractivity contribution is 7.78. The summed E-state index contributed by atoms with van der Waals surface area (Å²) in [5.41, 5.74) is 2.58. The van der Waals surface area contributed by atoms with Gasteiger partial charge in [0.05, 0.1) is 0 Å². The van der Waals surface area contributed by atoms with Crippen LogP contribution in [0.5, 0.6) is 0 Å².